The van der Waals surface area contributed by atoms with Gasteiger partial charge in [-0.2, -0.15) is 0 Å². The molecule has 0 N–H and O–H groups in total. The number of hydrogen-bond acceptors (Lipinski definition) is 4. The molecule has 5 nitrogen and oxygen atoms in total. The molecule has 0 atom stereocenters. The molecule has 0 saturated heterocycles. The van der Waals surface area contributed by atoms with Gasteiger partial charge in [-0.1, -0.05) is 39.8 Å². The Kier molecular flexibility index (Phi) is 6.49. The molecule has 1 aliphatic carbocycles. The zero-order valence-electron chi connectivity index (χ0n) is 19.6. The van der Waals surface area contributed by atoms with Crippen LogP contribution in [0, 0.1) is 0 Å². The van der Waals surface area contributed by atoms with Crippen molar-refractivity contribution in [3.05, 3.63) is 53.1 Å². The zero-order valence-corrected chi connectivity index (χ0v) is 19.6. The Morgan fingerprint density at radius 3 is 2.30 bits per heavy atom. The molecule has 3 rings (SSSR count). The molecule has 30 heavy (non-hydrogen) atoms. The van der Waals surface area contributed by atoms with Gasteiger partial charge in [0.1, 0.15) is 18.2 Å². The van der Waals surface area contributed by atoms with E-state index >= 15 is 0 Å². The summed E-state index contributed by atoms with van der Waals surface area (Å²) in [6.45, 7) is 12.6. The van der Waals surface area contributed by atoms with Crippen molar-refractivity contribution in [2.24, 2.45) is 4.99 Å². The minimum absolute atomic E-state index is 0.0553. The van der Waals surface area contributed by atoms with E-state index in [4.69, 9.17) is 14.7 Å². The van der Waals surface area contributed by atoms with Crippen LogP contribution in [0.4, 0.5) is 0 Å². The highest BCUT2D eigenvalue weighted by Crippen LogP contribution is 2.43. The maximum Gasteiger partial charge on any atom is 0.132 e. The second kappa shape index (κ2) is 8.75. The lowest BCUT2D eigenvalue weighted by Crippen LogP contribution is -2.36. The zero-order chi connectivity index (χ0) is 21.9. The number of fused-ring (bicyclic) bond motifs is 1. The van der Waals surface area contributed by atoms with Gasteiger partial charge in [-0.15, -0.1) is 0 Å². The van der Waals surface area contributed by atoms with Crippen molar-refractivity contribution in [1.82, 2.24) is 14.9 Å². The van der Waals surface area contributed by atoms with E-state index in [1.807, 2.05) is 25.4 Å². The summed E-state index contributed by atoms with van der Waals surface area (Å²) in [5.41, 5.74) is 4.51. The second-order valence-corrected chi connectivity index (χ2v) is 9.59. The van der Waals surface area contributed by atoms with E-state index in [2.05, 4.69) is 63.7 Å². The van der Waals surface area contributed by atoms with Gasteiger partial charge in [0, 0.05) is 37.9 Å². The van der Waals surface area contributed by atoms with Crippen LogP contribution in [0.15, 0.2) is 35.5 Å². The molecule has 0 spiro atoms. The van der Waals surface area contributed by atoms with Crippen LogP contribution in [0.3, 0.4) is 0 Å². The normalized spacial score (nSPS) is 17.4. The Morgan fingerprint density at radius 2 is 1.70 bits per heavy atom. The number of aliphatic imine (C=N–C) groups is 1. The van der Waals surface area contributed by atoms with Gasteiger partial charge in [-0.3, -0.25) is 15.0 Å². The molecule has 1 aromatic carbocycles. The molecule has 0 unspecified atom stereocenters. The molecule has 0 saturated carbocycles. The Bertz CT molecular complexity index is 900. The van der Waals surface area contributed by atoms with Gasteiger partial charge in [0.15, 0.2) is 0 Å². The number of benzene rings is 1. The van der Waals surface area contributed by atoms with E-state index in [1.165, 1.54) is 5.56 Å². The van der Waals surface area contributed by atoms with Gasteiger partial charge in [0.05, 0.1) is 23.3 Å². The van der Waals surface area contributed by atoms with Gasteiger partial charge < -0.3 is 9.64 Å². The SMILES string of the molecule is CCN(C)C(Cc1ccc(OCc2cnc3c(n2)C(C)(C)CCC3(C)C)cc1)=NC. The van der Waals surface area contributed by atoms with Gasteiger partial charge in [0.2, 0.25) is 0 Å². The molecule has 2 aromatic rings. The van der Waals surface area contributed by atoms with Crippen LogP contribution in [-0.4, -0.2) is 41.3 Å². The first-order valence-electron chi connectivity index (χ1n) is 10.9. The van der Waals surface area contributed by atoms with E-state index in [0.29, 0.717) is 6.61 Å². The topological polar surface area (TPSA) is 50.6 Å². The fourth-order valence-electron chi connectivity index (χ4n) is 3.93. The standard InChI is InChI=1S/C25H36N4O/c1-8-29(7)21(26-6)15-18-9-11-20(12-10-18)30-17-19-16-27-22-23(28-19)25(4,5)14-13-24(22,2)3/h9-12,16H,8,13-15,17H2,1-7H3. The molecule has 1 aromatic heterocycles. The highest BCUT2D eigenvalue weighted by molar-refractivity contribution is 5.84. The molecular formula is C25H36N4O. The van der Waals surface area contributed by atoms with Crippen LogP contribution in [0.5, 0.6) is 5.75 Å². The van der Waals surface area contributed by atoms with Crippen LogP contribution >= 0.6 is 0 Å². The summed E-state index contributed by atoms with van der Waals surface area (Å²) in [7, 11) is 3.92. The molecule has 1 aliphatic rings. The second-order valence-electron chi connectivity index (χ2n) is 9.59. The van der Waals surface area contributed by atoms with E-state index < -0.39 is 0 Å². The quantitative estimate of drug-likeness (QED) is 0.502. The molecule has 5 heteroatoms. The monoisotopic (exact) mass is 408 g/mol. The highest BCUT2D eigenvalue weighted by Gasteiger charge is 2.39. The molecule has 0 radical (unpaired) electrons. The third-order valence-electron chi connectivity index (χ3n) is 6.32. The van der Waals surface area contributed by atoms with Crippen LogP contribution in [0.2, 0.25) is 0 Å². The van der Waals surface area contributed by atoms with E-state index in [9.17, 15) is 0 Å². The lowest BCUT2D eigenvalue weighted by molar-refractivity contribution is 0.288. The van der Waals surface area contributed by atoms with Crippen LogP contribution < -0.4 is 4.74 Å². The lowest BCUT2D eigenvalue weighted by Gasteiger charge is -2.39. The Balaban J connectivity index is 1.68. The van der Waals surface area contributed by atoms with Crippen LogP contribution in [0.25, 0.3) is 0 Å². The average molecular weight is 409 g/mol. The lowest BCUT2D eigenvalue weighted by atomic mass is 9.67. The summed E-state index contributed by atoms with van der Waals surface area (Å²) < 4.78 is 6.01. The molecule has 0 bridgehead atoms. The first kappa shape index (κ1) is 22.3. The predicted octanol–water partition coefficient (Wildman–Crippen LogP) is 4.93. The van der Waals surface area contributed by atoms with Gasteiger partial charge >= 0.3 is 0 Å². The summed E-state index contributed by atoms with van der Waals surface area (Å²) in [4.78, 5) is 16.3. The number of likely N-dealkylation sites (N-methyl/N-ethyl adjacent to an activating group) is 1. The van der Waals surface area contributed by atoms with Gasteiger partial charge in [-0.25, -0.2) is 0 Å². The fraction of sp³-hybridized carbons (Fsp3) is 0.560. The number of rotatable bonds is 6. The Morgan fingerprint density at radius 1 is 1.07 bits per heavy atom. The molecule has 0 fully saturated rings. The molecule has 1 heterocycles. The van der Waals surface area contributed by atoms with Crippen molar-refractivity contribution < 1.29 is 4.74 Å². The number of aromatic nitrogens is 2. The van der Waals surface area contributed by atoms with E-state index in [-0.39, 0.29) is 10.8 Å². The third kappa shape index (κ3) is 4.82. The number of nitrogens with zero attached hydrogens (tertiary/aromatic N) is 4. The summed E-state index contributed by atoms with van der Waals surface area (Å²) in [6.07, 6.45) is 4.97. The number of amidine groups is 1. The average Bonchev–Trinajstić information content (AvgIpc) is 2.74. The maximum absolute atomic E-state index is 6.01. The Labute approximate surface area is 181 Å². The summed E-state index contributed by atoms with van der Waals surface area (Å²) in [5, 5.41) is 0. The molecule has 0 aliphatic heterocycles. The largest absolute Gasteiger partial charge is 0.487 e. The van der Waals surface area contributed by atoms with Crippen molar-refractivity contribution in [2.75, 3.05) is 20.6 Å². The van der Waals surface area contributed by atoms with Crippen molar-refractivity contribution in [3.63, 3.8) is 0 Å². The molecule has 162 valence electrons. The summed E-state index contributed by atoms with van der Waals surface area (Å²) in [5.74, 6) is 1.93. The Hall–Kier alpha value is -2.43. The predicted molar refractivity (Wildman–Crippen MR) is 123 cm³/mol. The van der Waals surface area contributed by atoms with E-state index in [0.717, 1.165) is 54.5 Å². The van der Waals surface area contributed by atoms with Crippen molar-refractivity contribution >= 4 is 5.84 Å². The molecular weight excluding hydrogens is 372 g/mol. The van der Waals surface area contributed by atoms with Crippen molar-refractivity contribution in [1.29, 1.82) is 0 Å². The highest BCUT2D eigenvalue weighted by atomic mass is 16.5. The molecule has 0 amide bonds. The van der Waals surface area contributed by atoms with Crippen LogP contribution in [-0.2, 0) is 23.9 Å². The summed E-state index contributed by atoms with van der Waals surface area (Å²) >= 11 is 0. The fourth-order valence-corrected chi connectivity index (χ4v) is 3.93. The number of hydrogen-bond donors (Lipinski definition) is 0. The first-order chi connectivity index (χ1) is 14.2. The third-order valence-corrected chi connectivity index (χ3v) is 6.32. The van der Waals surface area contributed by atoms with Crippen LogP contribution in [0.1, 0.15) is 70.1 Å². The van der Waals surface area contributed by atoms with Gasteiger partial charge in [-0.05, 0) is 37.5 Å². The summed E-state index contributed by atoms with van der Waals surface area (Å²) in [6, 6.07) is 8.25. The first-order valence-corrected chi connectivity index (χ1v) is 10.9. The van der Waals surface area contributed by atoms with Crippen molar-refractivity contribution in [3.8, 4) is 5.75 Å². The maximum atomic E-state index is 6.01. The van der Waals surface area contributed by atoms with Crippen molar-refractivity contribution in [2.45, 2.75) is 71.3 Å². The minimum atomic E-state index is 0.0553. The van der Waals surface area contributed by atoms with Gasteiger partial charge in [0.25, 0.3) is 0 Å². The van der Waals surface area contributed by atoms with E-state index in [1.54, 1.807) is 0 Å². The minimum Gasteiger partial charge on any atom is -0.487 e. The number of ether oxygens (including phenoxy) is 1. The smallest absolute Gasteiger partial charge is 0.132 e.